The molecule has 0 unspecified atom stereocenters. The van der Waals surface area contributed by atoms with Crippen LogP contribution >= 0.6 is 7.60 Å². The highest BCUT2D eigenvalue weighted by molar-refractivity contribution is 7.56. The fourth-order valence-electron chi connectivity index (χ4n) is 2.37. The quantitative estimate of drug-likeness (QED) is 0.746. The van der Waals surface area contributed by atoms with Crippen LogP contribution in [0.25, 0.3) is 0 Å². The van der Waals surface area contributed by atoms with Gasteiger partial charge in [0.05, 0.1) is 13.2 Å². The number of carboxylic acid groups (broad SMARTS) is 1. The molecule has 0 atom stereocenters. The first-order chi connectivity index (χ1) is 8.02. The molecule has 17 heavy (non-hydrogen) atoms. The van der Waals surface area contributed by atoms with Gasteiger partial charge in [0.25, 0.3) is 0 Å². The molecule has 0 saturated heterocycles. The molecule has 0 radical (unpaired) electrons. The SMILES string of the molecule is CCOP(=O)(OCC)C1(C(=O)O)CCCCC1. The van der Waals surface area contributed by atoms with Gasteiger partial charge in [-0.3, -0.25) is 9.36 Å². The summed E-state index contributed by atoms with van der Waals surface area (Å²) in [5, 5.41) is 8.11. The molecule has 0 spiro atoms. The molecule has 0 aliphatic heterocycles. The van der Waals surface area contributed by atoms with E-state index >= 15 is 0 Å². The van der Waals surface area contributed by atoms with Crippen molar-refractivity contribution in [2.75, 3.05) is 13.2 Å². The van der Waals surface area contributed by atoms with Crippen molar-refractivity contribution in [3.8, 4) is 0 Å². The summed E-state index contributed by atoms with van der Waals surface area (Å²) in [6.07, 6.45) is 3.25. The Bertz CT molecular complexity index is 299. The maximum atomic E-state index is 12.7. The maximum absolute atomic E-state index is 12.7. The second-order valence-corrected chi connectivity index (χ2v) is 6.60. The molecular formula is C11H21O5P. The zero-order valence-electron chi connectivity index (χ0n) is 10.5. The van der Waals surface area contributed by atoms with Gasteiger partial charge in [-0.2, -0.15) is 0 Å². The molecule has 1 rings (SSSR count). The fourth-order valence-corrected chi connectivity index (χ4v) is 4.71. The van der Waals surface area contributed by atoms with Gasteiger partial charge in [-0.25, -0.2) is 0 Å². The van der Waals surface area contributed by atoms with Crippen molar-refractivity contribution in [3.05, 3.63) is 0 Å². The highest BCUT2D eigenvalue weighted by Gasteiger charge is 2.57. The first-order valence-corrected chi connectivity index (χ1v) is 7.69. The first kappa shape index (κ1) is 14.7. The third-order valence-corrected chi connectivity index (χ3v) is 6.08. The average molecular weight is 264 g/mol. The van der Waals surface area contributed by atoms with Gasteiger partial charge < -0.3 is 14.2 Å². The van der Waals surface area contributed by atoms with Crippen LogP contribution in [0.15, 0.2) is 0 Å². The Morgan fingerprint density at radius 3 is 2.00 bits per heavy atom. The first-order valence-electron chi connectivity index (χ1n) is 6.15. The van der Waals surface area contributed by atoms with E-state index in [1.807, 2.05) is 0 Å². The van der Waals surface area contributed by atoms with Crippen molar-refractivity contribution < 1.29 is 23.5 Å². The van der Waals surface area contributed by atoms with E-state index in [0.717, 1.165) is 19.3 Å². The van der Waals surface area contributed by atoms with Crippen molar-refractivity contribution in [1.29, 1.82) is 0 Å². The van der Waals surface area contributed by atoms with Crippen LogP contribution in [0.3, 0.4) is 0 Å². The lowest BCUT2D eigenvalue weighted by Crippen LogP contribution is -2.41. The number of carboxylic acids is 1. The zero-order valence-corrected chi connectivity index (χ0v) is 11.4. The highest BCUT2D eigenvalue weighted by atomic mass is 31.2. The third kappa shape index (κ3) is 2.72. The van der Waals surface area contributed by atoms with Crippen LogP contribution in [0.4, 0.5) is 0 Å². The maximum Gasteiger partial charge on any atom is 0.347 e. The van der Waals surface area contributed by atoms with Crippen molar-refractivity contribution >= 4 is 13.6 Å². The summed E-state index contributed by atoms with van der Waals surface area (Å²) in [5.74, 6) is -1.05. The molecule has 0 aromatic carbocycles. The minimum absolute atomic E-state index is 0.201. The molecule has 0 heterocycles. The van der Waals surface area contributed by atoms with Crippen LogP contribution in [0.1, 0.15) is 46.0 Å². The molecule has 0 aromatic heterocycles. The average Bonchev–Trinajstić information content (AvgIpc) is 2.30. The second-order valence-electron chi connectivity index (χ2n) is 4.23. The normalized spacial score (nSPS) is 20.1. The molecule has 6 heteroatoms. The molecule has 0 bridgehead atoms. The largest absolute Gasteiger partial charge is 0.480 e. The van der Waals surface area contributed by atoms with E-state index in [1.54, 1.807) is 13.8 Å². The van der Waals surface area contributed by atoms with Crippen molar-refractivity contribution in [2.45, 2.75) is 51.1 Å². The second kappa shape index (κ2) is 5.98. The number of aliphatic carboxylic acids is 1. The minimum Gasteiger partial charge on any atom is -0.480 e. The Hall–Kier alpha value is -0.380. The lowest BCUT2D eigenvalue weighted by atomic mass is 9.88. The van der Waals surface area contributed by atoms with Gasteiger partial charge >= 0.3 is 13.6 Å². The van der Waals surface area contributed by atoms with Crippen molar-refractivity contribution in [2.24, 2.45) is 0 Å². The van der Waals surface area contributed by atoms with Crippen LogP contribution in [0.2, 0.25) is 0 Å². The van der Waals surface area contributed by atoms with Gasteiger partial charge in [-0.05, 0) is 26.7 Å². The van der Waals surface area contributed by atoms with Crippen LogP contribution in [-0.2, 0) is 18.4 Å². The van der Waals surface area contributed by atoms with Crippen LogP contribution < -0.4 is 0 Å². The predicted octanol–water partition coefficient (Wildman–Crippen LogP) is 3.04. The van der Waals surface area contributed by atoms with E-state index in [9.17, 15) is 14.5 Å². The summed E-state index contributed by atoms with van der Waals surface area (Å²) in [6.45, 7) is 3.80. The van der Waals surface area contributed by atoms with Gasteiger partial charge in [-0.1, -0.05) is 19.3 Å². The summed E-state index contributed by atoms with van der Waals surface area (Å²) in [6, 6.07) is 0. The molecule has 1 fully saturated rings. The van der Waals surface area contributed by atoms with E-state index in [0.29, 0.717) is 12.8 Å². The van der Waals surface area contributed by atoms with Crippen LogP contribution in [0.5, 0.6) is 0 Å². The topological polar surface area (TPSA) is 72.8 Å². The minimum atomic E-state index is -3.58. The molecule has 5 nitrogen and oxygen atoms in total. The number of rotatable bonds is 6. The molecule has 1 aliphatic rings. The smallest absolute Gasteiger partial charge is 0.347 e. The molecule has 1 aliphatic carbocycles. The van der Waals surface area contributed by atoms with Gasteiger partial charge in [0.2, 0.25) is 0 Å². The lowest BCUT2D eigenvalue weighted by Gasteiger charge is -2.37. The summed E-state index contributed by atoms with van der Waals surface area (Å²) >= 11 is 0. The number of hydrogen-bond donors (Lipinski definition) is 1. The number of carbonyl (C=O) groups is 1. The van der Waals surface area contributed by atoms with E-state index in [-0.39, 0.29) is 13.2 Å². The fraction of sp³-hybridized carbons (Fsp3) is 0.909. The molecular weight excluding hydrogens is 243 g/mol. The summed E-state index contributed by atoms with van der Waals surface area (Å²) in [5.41, 5.74) is 0. The van der Waals surface area contributed by atoms with Gasteiger partial charge in [0.1, 0.15) is 0 Å². The van der Waals surface area contributed by atoms with E-state index in [4.69, 9.17) is 9.05 Å². The monoisotopic (exact) mass is 264 g/mol. The molecule has 100 valence electrons. The Labute approximate surface area is 102 Å². The molecule has 0 aromatic rings. The van der Waals surface area contributed by atoms with Crippen LogP contribution in [-0.4, -0.2) is 29.4 Å². The summed E-state index contributed by atoms with van der Waals surface area (Å²) in [7, 11) is -3.58. The van der Waals surface area contributed by atoms with Gasteiger partial charge in [0.15, 0.2) is 5.16 Å². The zero-order chi connectivity index (χ0) is 12.9. The molecule has 0 amide bonds. The molecule has 1 saturated carbocycles. The molecule has 1 N–H and O–H groups in total. The Kier molecular flexibility index (Phi) is 5.17. The van der Waals surface area contributed by atoms with Gasteiger partial charge in [-0.15, -0.1) is 0 Å². The Morgan fingerprint density at radius 2 is 1.65 bits per heavy atom. The summed E-state index contributed by atoms with van der Waals surface area (Å²) < 4.78 is 23.2. The van der Waals surface area contributed by atoms with Gasteiger partial charge in [0, 0.05) is 0 Å². The van der Waals surface area contributed by atoms with E-state index in [1.165, 1.54) is 0 Å². The Balaban J connectivity index is 3.08. The predicted molar refractivity (Wildman–Crippen MR) is 64.3 cm³/mol. The van der Waals surface area contributed by atoms with Crippen LogP contribution in [0, 0.1) is 0 Å². The highest BCUT2D eigenvalue weighted by Crippen LogP contribution is 2.65. The van der Waals surface area contributed by atoms with Crippen molar-refractivity contribution in [3.63, 3.8) is 0 Å². The summed E-state index contributed by atoms with van der Waals surface area (Å²) in [4.78, 5) is 11.5. The Morgan fingerprint density at radius 1 is 1.18 bits per heavy atom. The van der Waals surface area contributed by atoms with E-state index in [2.05, 4.69) is 0 Å². The third-order valence-electron chi connectivity index (χ3n) is 3.20. The standard InChI is InChI=1S/C11H21O5P/c1-3-15-17(14,16-4-2)11(10(12)13)8-6-5-7-9-11/h3-9H2,1-2H3,(H,12,13). The van der Waals surface area contributed by atoms with E-state index < -0.39 is 18.7 Å². The van der Waals surface area contributed by atoms with Crippen molar-refractivity contribution in [1.82, 2.24) is 0 Å². The lowest BCUT2D eigenvalue weighted by molar-refractivity contribution is -0.141. The number of hydrogen-bond acceptors (Lipinski definition) is 4.